The zero-order chi connectivity index (χ0) is 14.8. The van der Waals surface area contributed by atoms with Crippen LogP contribution in [0.3, 0.4) is 0 Å². The summed E-state index contributed by atoms with van der Waals surface area (Å²) in [5.41, 5.74) is -0.510. The summed E-state index contributed by atoms with van der Waals surface area (Å²) in [6.45, 7) is 0. The Morgan fingerprint density at radius 2 is 1.55 bits per heavy atom. The minimum absolute atomic E-state index is 0.139. The van der Waals surface area contributed by atoms with Gasteiger partial charge in [0.05, 0.1) is 5.56 Å². The highest BCUT2D eigenvalue weighted by atomic mass is 79.9. The number of halogens is 5. The summed E-state index contributed by atoms with van der Waals surface area (Å²) in [6.07, 6.45) is -4.40. The summed E-state index contributed by atoms with van der Waals surface area (Å²) in [5, 5.41) is 0.139. The van der Waals surface area contributed by atoms with Gasteiger partial charge < -0.3 is 4.74 Å². The van der Waals surface area contributed by atoms with Crippen LogP contribution in [0.5, 0.6) is 11.5 Å². The molecule has 20 heavy (non-hydrogen) atoms. The lowest BCUT2D eigenvalue weighted by Crippen LogP contribution is -2.08. The summed E-state index contributed by atoms with van der Waals surface area (Å²) < 4.78 is 45.1. The fraction of sp³-hybridized carbons (Fsp3) is 0.143. The molecule has 0 bridgehead atoms. The van der Waals surface area contributed by atoms with Crippen molar-refractivity contribution in [2.75, 3.05) is 0 Å². The number of hydrogen-bond donors (Lipinski definition) is 0. The van der Waals surface area contributed by atoms with Crippen LogP contribution in [0.4, 0.5) is 13.2 Å². The molecule has 0 amide bonds. The second-order valence-corrected chi connectivity index (χ2v) is 5.48. The molecule has 6 heteroatoms. The van der Waals surface area contributed by atoms with Crippen molar-refractivity contribution in [3.05, 3.63) is 58.1 Å². The van der Waals surface area contributed by atoms with Crippen molar-refractivity contribution < 1.29 is 17.9 Å². The maximum Gasteiger partial charge on any atom is 0.416 e. The topological polar surface area (TPSA) is 9.23 Å². The van der Waals surface area contributed by atoms with E-state index < -0.39 is 11.7 Å². The minimum atomic E-state index is -4.40. The van der Waals surface area contributed by atoms with Gasteiger partial charge in [-0.25, -0.2) is 0 Å². The van der Waals surface area contributed by atoms with Gasteiger partial charge in [-0.2, -0.15) is 13.2 Å². The molecule has 0 aliphatic rings. The van der Waals surface area contributed by atoms with E-state index in [1.165, 1.54) is 12.1 Å². The number of ether oxygens (including phenoxy) is 1. The van der Waals surface area contributed by atoms with E-state index in [2.05, 4.69) is 31.9 Å². The van der Waals surface area contributed by atoms with E-state index in [9.17, 15) is 13.2 Å². The van der Waals surface area contributed by atoms with Crippen LogP contribution in [-0.4, -0.2) is 0 Å². The van der Waals surface area contributed by atoms with Crippen LogP contribution in [0, 0.1) is 0 Å². The highest BCUT2D eigenvalue weighted by Gasteiger charge is 2.33. The maximum absolute atomic E-state index is 12.9. The molecule has 0 fully saturated rings. The average Bonchev–Trinajstić information content (AvgIpc) is 2.40. The molecule has 0 aromatic heterocycles. The highest BCUT2D eigenvalue weighted by molar-refractivity contribution is 9.10. The van der Waals surface area contributed by atoms with Crippen LogP contribution < -0.4 is 4.74 Å². The van der Waals surface area contributed by atoms with Gasteiger partial charge in [-0.15, -0.1) is 0 Å². The predicted octanol–water partition coefficient (Wildman–Crippen LogP) is 6.16. The molecule has 0 radical (unpaired) electrons. The first-order valence-corrected chi connectivity index (χ1v) is 7.51. The Morgan fingerprint density at radius 1 is 0.950 bits per heavy atom. The van der Waals surface area contributed by atoms with Crippen molar-refractivity contribution in [1.29, 1.82) is 0 Å². The lowest BCUT2D eigenvalue weighted by atomic mass is 10.1. The lowest BCUT2D eigenvalue weighted by Gasteiger charge is -2.13. The Labute approximate surface area is 131 Å². The summed E-state index contributed by atoms with van der Waals surface area (Å²) in [4.78, 5) is 0. The van der Waals surface area contributed by atoms with Crippen molar-refractivity contribution in [1.82, 2.24) is 0 Å². The third kappa shape index (κ3) is 3.76. The molecule has 0 saturated heterocycles. The van der Waals surface area contributed by atoms with Gasteiger partial charge in [-0.05, 0) is 42.0 Å². The van der Waals surface area contributed by atoms with Gasteiger partial charge >= 0.3 is 6.18 Å². The van der Waals surface area contributed by atoms with E-state index in [1.54, 1.807) is 24.3 Å². The van der Waals surface area contributed by atoms with Gasteiger partial charge in [0, 0.05) is 9.80 Å². The van der Waals surface area contributed by atoms with Crippen LogP contribution >= 0.6 is 31.9 Å². The molecule has 0 spiro atoms. The predicted molar refractivity (Wildman–Crippen MR) is 78.3 cm³/mol. The molecule has 0 N–H and O–H groups in total. The second-order valence-electron chi connectivity index (χ2n) is 4.01. The molecular formula is C14H9Br2F3O. The molecule has 2 aromatic rings. The first kappa shape index (κ1) is 15.4. The summed E-state index contributed by atoms with van der Waals surface area (Å²) in [6, 6.07) is 10.8. The quantitative estimate of drug-likeness (QED) is 0.552. The average molecular weight is 410 g/mol. The molecular weight excluding hydrogens is 401 g/mol. The Morgan fingerprint density at radius 3 is 2.10 bits per heavy atom. The molecule has 0 aliphatic carbocycles. The van der Waals surface area contributed by atoms with Gasteiger partial charge in [0.25, 0.3) is 0 Å². The zero-order valence-corrected chi connectivity index (χ0v) is 13.2. The molecule has 2 aromatic carbocycles. The van der Waals surface area contributed by atoms with Crippen molar-refractivity contribution in [3.63, 3.8) is 0 Å². The van der Waals surface area contributed by atoms with E-state index >= 15 is 0 Å². The molecule has 0 unspecified atom stereocenters. The second kappa shape index (κ2) is 6.18. The molecule has 0 saturated carbocycles. The Hall–Kier alpha value is -1.01. The SMILES string of the molecule is FC(F)(F)c1cc(Oc2ccc(Br)cc2)ccc1CBr. The molecule has 0 heterocycles. The molecule has 0 atom stereocenters. The fourth-order valence-electron chi connectivity index (χ4n) is 1.64. The first-order chi connectivity index (χ1) is 9.40. The largest absolute Gasteiger partial charge is 0.457 e. The van der Waals surface area contributed by atoms with E-state index in [0.717, 1.165) is 10.5 Å². The standard InChI is InChI=1S/C14H9Br2F3O/c15-8-9-1-4-12(7-13(9)14(17,18)19)20-11-5-2-10(16)3-6-11/h1-7H,8H2. The molecule has 106 valence electrons. The highest BCUT2D eigenvalue weighted by Crippen LogP contribution is 2.36. The van der Waals surface area contributed by atoms with E-state index in [4.69, 9.17) is 4.74 Å². The number of hydrogen-bond acceptors (Lipinski definition) is 1. The summed E-state index contributed by atoms with van der Waals surface area (Å²) in [5.74, 6) is 0.636. The van der Waals surface area contributed by atoms with Crippen LogP contribution in [0.2, 0.25) is 0 Å². The monoisotopic (exact) mass is 408 g/mol. The molecule has 0 aliphatic heterocycles. The van der Waals surface area contributed by atoms with Gasteiger partial charge in [0.1, 0.15) is 11.5 Å². The minimum Gasteiger partial charge on any atom is -0.457 e. The first-order valence-electron chi connectivity index (χ1n) is 5.59. The van der Waals surface area contributed by atoms with Crippen LogP contribution in [0.15, 0.2) is 46.9 Å². The normalized spacial score (nSPS) is 11.4. The van der Waals surface area contributed by atoms with E-state index in [0.29, 0.717) is 5.75 Å². The van der Waals surface area contributed by atoms with Gasteiger partial charge in [0.2, 0.25) is 0 Å². The van der Waals surface area contributed by atoms with Crippen molar-refractivity contribution >= 4 is 31.9 Å². The third-order valence-corrected chi connectivity index (χ3v) is 3.71. The van der Waals surface area contributed by atoms with Crippen molar-refractivity contribution in [2.45, 2.75) is 11.5 Å². The van der Waals surface area contributed by atoms with Crippen molar-refractivity contribution in [3.8, 4) is 11.5 Å². The Balaban J connectivity index is 2.31. The number of rotatable bonds is 3. The third-order valence-electron chi connectivity index (χ3n) is 2.58. The fourth-order valence-corrected chi connectivity index (χ4v) is 2.39. The number of alkyl halides is 4. The van der Waals surface area contributed by atoms with Crippen LogP contribution in [0.1, 0.15) is 11.1 Å². The van der Waals surface area contributed by atoms with Gasteiger partial charge in [-0.3, -0.25) is 0 Å². The van der Waals surface area contributed by atoms with Gasteiger partial charge in [0.15, 0.2) is 0 Å². The number of benzene rings is 2. The maximum atomic E-state index is 12.9. The Kier molecular flexibility index (Phi) is 4.75. The molecule has 2 rings (SSSR count). The van der Waals surface area contributed by atoms with Crippen LogP contribution in [0.25, 0.3) is 0 Å². The van der Waals surface area contributed by atoms with Crippen LogP contribution in [-0.2, 0) is 11.5 Å². The van der Waals surface area contributed by atoms with E-state index in [1.807, 2.05) is 0 Å². The zero-order valence-electron chi connectivity index (χ0n) is 10.0. The van der Waals surface area contributed by atoms with Gasteiger partial charge in [-0.1, -0.05) is 37.9 Å². The van der Waals surface area contributed by atoms with Crippen molar-refractivity contribution in [2.24, 2.45) is 0 Å². The summed E-state index contributed by atoms with van der Waals surface area (Å²) in [7, 11) is 0. The summed E-state index contributed by atoms with van der Waals surface area (Å²) >= 11 is 6.33. The smallest absolute Gasteiger partial charge is 0.416 e. The van der Waals surface area contributed by atoms with E-state index in [-0.39, 0.29) is 16.6 Å². The Bertz CT molecular complexity index is 594. The lowest BCUT2D eigenvalue weighted by molar-refractivity contribution is -0.138. The molecule has 1 nitrogen and oxygen atoms in total.